The molecule has 0 aliphatic rings. The number of carbonyl (C=O) groups excluding carboxylic acids is 2. The molecule has 1 N–H and O–H groups in total. The fourth-order valence-corrected chi connectivity index (χ4v) is 1.93. The summed E-state index contributed by atoms with van der Waals surface area (Å²) in [5.74, 6) is -1.87. The number of carbonyl (C=O) groups is 2. The number of aromatic nitrogens is 1. The highest BCUT2D eigenvalue weighted by atomic mass is 79.9. The van der Waals surface area contributed by atoms with Gasteiger partial charge in [-0.05, 0) is 46.3 Å². The molecule has 2 rings (SSSR count). The Balaban J connectivity index is 2.26. The second-order valence-corrected chi connectivity index (χ2v) is 4.80. The Bertz CT molecular complexity index is 706. The lowest BCUT2D eigenvalue weighted by Crippen LogP contribution is -2.15. The van der Waals surface area contributed by atoms with E-state index in [1.807, 2.05) is 0 Å². The van der Waals surface area contributed by atoms with Crippen LogP contribution in [0.25, 0.3) is 0 Å². The van der Waals surface area contributed by atoms with Crippen molar-refractivity contribution in [3.05, 3.63) is 58.1 Å². The number of amides is 1. The third kappa shape index (κ3) is 3.63. The lowest BCUT2D eigenvalue weighted by Gasteiger charge is -2.08. The number of ether oxygens (including phenoxy) is 1. The van der Waals surface area contributed by atoms with Crippen molar-refractivity contribution in [1.82, 2.24) is 4.98 Å². The zero-order chi connectivity index (χ0) is 15.4. The number of anilines is 1. The first-order chi connectivity index (χ1) is 10.0. The lowest BCUT2D eigenvalue weighted by molar-refractivity contribution is 0.0600. The van der Waals surface area contributed by atoms with Crippen molar-refractivity contribution in [3.63, 3.8) is 0 Å². The number of halogens is 2. The number of nitrogens with zero attached hydrogens (tertiary/aromatic N) is 1. The number of hydrogen-bond acceptors (Lipinski definition) is 4. The topological polar surface area (TPSA) is 68.3 Å². The molecule has 21 heavy (non-hydrogen) atoms. The Labute approximate surface area is 128 Å². The fourth-order valence-electron chi connectivity index (χ4n) is 1.59. The van der Waals surface area contributed by atoms with Crippen LogP contribution in [0.15, 0.2) is 41.0 Å². The maximum absolute atomic E-state index is 13.7. The summed E-state index contributed by atoms with van der Waals surface area (Å²) in [6.45, 7) is 0. The van der Waals surface area contributed by atoms with Crippen LogP contribution >= 0.6 is 15.9 Å². The lowest BCUT2D eigenvalue weighted by atomic mass is 10.2. The smallest absolute Gasteiger partial charge is 0.337 e. The van der Waals surface area contributed by atoms with Crippen molar-refractivity contribution < 1.29 is 18.7 Å². The van der Waals surface area contributed by atoms with E-state index in [9.17, 15) is 14.0 Å². The molecule has 5 nitrogen and oxygen atoms in total. The molecule has 0 aliphatic heterocycles. The van der Waals surface area contributed by atoms with Crippen LogP contribution in [0.2, 0.25) is 0 Å². The van der Waals surface area contributed by atoms with Crippen LogP contribution in [0.1, 0.15) is 20.8 Å². The number of nitrogens with one attached hydrogen (secondary N) is 1. The van der Waals surface area contributed by atoms with Crippen molar-refractivity contribution in [2.24, 2.45) is 0 Å². The molecule has 7 heteroatoms. The first-order valence-corrected chi connectivity index (χ1v) is 6.62. The highest BCUT2D eigenvalue weighted by Crippen LogP contribution is 2.18. The Kier molecular flexibility index (Phi) is 4.64. The van der Waals surface area contributed by atoms with Gasteiger partial charge in [-0.3, -0.25) is 4.79 Å². The number of rotatable bonds is 3. The second kappa shape index (κ2) is 6.45. The summed E-state index contributed by atoms with van der Waals surface area (Å²) in [4.78, 5) is 27.4. The quantitative estimate of drug-likeness (QED) is 0.680. The third-order valence-corrected chi connectivity index (χ3v) is 3.03. The zero-order valence-electron chi connectivity index (χ0n) is 10.9. The zero-order valence-corrected chi connectivity index (χ0v) is 12.5. The molecule has 1 aromatic carbocycles. The Hall–Kier alpha value is -2.28. The molecule has 2 aromatic rings. The van der Waals surface area contributed by atoms with Crippen molar-refractivity contribution in [2.75, 3.05) is 12.4 Å². The molecule has 0 fully saturated rings. The minimum absolute atomic E-state index is 0.118. The SMILES string of the molecule is COC(=O)c1ccc(F)c(NC(=O)c2cccc(Br)n2)c1. The van der Waals surface area contributed by atoms with E-state index in [1.54, 1.807) is 12.1 Å². The summed E-state index contributed by atoms with van der Waals surface area (Å²) < 4.78 is 18.7. The first kappa shape index (κ1) is 15.1. The van der Waals surface area contributed by atoms with Gasteiger partial charge in [0.15, 0.2) is 0 Å². The van der Waals surface area contributed by atoms with Gasteiger partial charge < -0.3 is 10.1 Å². The van der Waals surface area contributed by atoms with Gasteiger partial charge in [0.1, 0.15) is 16.1 Å². The molecule has 0 spiro atoms. The van der Waals surface area contributed by atoms with Crippen LogP contribution in [-0.2, 0) is 4.74 Å². The van der Waals surface area contributed by atoms with Gasteiger partial charge in [-0.25, -0.2) is 14.2 Å². The molecule has 0 saturated heterocycles. The van der Waals surface area contributed by atoms with E-state index in [-0.39, 0.29) is 16.9 Å². The van der Waals surface area contributed by atoms with Crippen LogP contribution in [-0.4, -0.2) is 24.0 Å². The molecule has 0 atom stereocenters. The first-order valence-electron chi connectivity index (χ1n) is 5.83. The number of hydrogen-bond donors (Lipinski definition) is 1. The highest BCUT2D eigenvalue weighted by Gasteiger charge is 2.14. The van der Waals surface area contributed by atoms with Gasteiger partial charge in [0.05, 0.1) is 18.4 Å². The molecule has 0 saturated carbocycles. The monoisotopic (exact) mass is 352 g/mol. The van der Waals surface area contributed by atoms with Gasteiger partial charge in [0, 0.05) is 0 Å². The molecule has 0 radical (unpaired) electrons. The van der Waals surface area contributed by atoms with Gasteiger partial charge in [-0.2, -0.15) is 0 Å². The van der Waals surface area contributed by atoms with Crippen LogP contribution in [0.5, 0.6) is 0 Å². The van der Waals surface area contributed by atoms with Crippen LogP contribution in [0, 0.1) is 5.82 Å². The number of methoxy groups -OCH3 is 1. The maximum atomic E-state index is 13.7. The minimum atomic E-state index is -0.661. The Morgan fingerprint density at radius 2 is 2.05 bits per heavy atom. The molecular formula is C14H10BrFN2O3. The summed E-state index contributed by atoms with van der Waals surface area (Å²) in [6, 6.07) is 8.34. The molecule has 0 unspecified atom stereocenters. The van der Waals surface area contributed by atoms with Crippen LogP contribution < -0.4 is 5.32 Å². The molecule has 0 bridgehead atoms. The number of pyridine rings is 1. The number of esters is 1. The standard InChI is InChI=1S/C14H10BrFN2O3/c1-21-14(20)8-5-6-9(16)11(7-8)18-13(19)10-3-2-4-12(15)17-10/h2-7H,1H3,(H,18,19). The van der Waals surface area contributed by atoms with Gasteiger partial charge >= 0.3 is 5.97 Å². The largest absolute Gasteiger partial charge is 0.465 e. The van der Waals surface area contributed by atoms with E-state index < -0.39 is 17.7 Å². The molecule has 1 heterocycles. The third-order valence-electron chi connectivity index (χ3n) is 2.58. The summed E-state index contributed by atoms with van der Waals surface area (Å²) in [5, 5.41) is 2.37. The molecule has 1 amide bonds. The van der Waals surface area contributed by atoms with Crippen molar-refractivity contribution >= 4 is 33.5 Å². The Morgan fingerprint density at radius 1 is 1.29 bits per heavy atom. The number of benzene rings is 1. The summed E-state index contributed by atoms with van der Waals surface area (Å²) in [5.41, 5.74) is 0.133. The summed E-state index contributed by atoms with van der Waals surface area (Å²) in [6.07, 6.45) is 0. The molecule has 0 aliphatic carbocycles. The average Bonchev–Trinajstić information content (AvgIpc) is 2.48. The molecule has 108 valence electrons. The van der Waals surface area contributed by atoms with E-state index in [4.69, 9.17) is 0 Å². The van der Waals surface area contributed by atoms with E-state index in [0.717, 1.165) is 6.07 Å². The summed E-state index contributed by atoms with van der Waals surface area (Å²) >= 11 is 3.14. The van der Waals surface area contributed by atoms with Crippen molar-refractivity contribution in [3.8, 4) is 0 Å². The predicted molar refractivity (Wildman–Crippen MR) is 77.6 cm³/mol. The van der Waals surface area contributed by atoms with Crippen LogP contribution in [0.3, 0.4) is 0 Å². The van der Waals surface area contributed by atoms with Crippen LogP contribution in [0.4, 0.5) is 10.1 Å². The van der Waals surface area contributed by atoms with Gasteiger partial charge in [0.25, 0.3) is 5.91 Å². The van der Waals surface area contributed by atoms with Crippen molar-refractivity contribution in [1.29, 1.82) is 0 Å². The van der Waals surface area contributed by atoms with Gasteiger partial charge in [0.2, 0.25) is 0 Å². The maximum Gasteiger partial charge on any atom is 0.337 e. The normalized spacial score (nSPS) is 10.0. The molecule has 1 aromatic heterocycles. The highest BCUT2D eigenvalue weighted by molar-refractivity contribution is 9.10. The summed E-state index contributed by atoms with van der Waals surface area (Å²) in [7, 11) is 1.22. The van der Waals surface area contributed by atoms with E-state index in [0.29, 0.717) is 4.60 Å². The van der Waals surface area contributed by atoms with E-state index >= 15 is 0 Å². The Morgan fingerprint density at radius 3 is 2.71 bits per heavy atom. The fraction of sp³-hybridized carbons (Fsp3) is 0.0714. The van der Waals surface area contributed by atoms with E-state index in [2.05, 4.69) is 31.0 Å². The van der Waals surface area contributed by atoms with Gasteiger partial charge in [-0.1, -0.05) is 6.07 Å². The predicted octanol–water partition coefficient (Wildman–Crippen LogP) is 3.02. The van der Waals surface area contributed by atoms with Gasteiger partial charge in [-0.15, -0.1) is 0 Å². The average molecular weight is 353 g/mol. The second-order valence-electron chi connectivity index (χ2n) is 3.99. The minimum Gasteiger partial charge on any atom is -0.465 e. The van der Waals surface area contributed by atoms with Crippen molar-refractivity contribution in [2.45, 2.75) is 0 Å². The van der Waals surface area contributed by atoms with E-state index in [1.165, 1.54) is 25.3 Å². The molecular weight excluding hydrogens is 343 g/mol.